The standard InChI is InChI=1S/C27H24ClNO4S/c1-3-20-7-5-6-8-22(20)29-26(30)25(34-27(29)31)16-19-11-14-23(24(15-19)32-4-2)33-17-18-9-12-21(28)13-10-18/h5-16H,3-4,17H2,1-2H3/b25-16-. The van der Waals surface area contributed by atoms with Gasteiger partial charge in [-0.05, 0) is 78.2 Å². The Hall–Kier alpha value is -3.22. The van der Waals surface area contributed by atoms with Gasteiger partial charge in [0.05, 0.1) is 17.2 Å². The van der Waals surface area contributed by atoms with Crippen LogP contribution in [-0.2, 0) is 17.8 Å². The predicted octanol–water partition coefficient (Wildman–Crippen LogP) is 7.12. The van der Waals surface area contributed by atoms with Crippen molar-refractivity contribution in [2.24, 2.45) is 0 Å². The fraction of sp³-hybridized carbons (Fsp3) is 0.185. The van der Waals surface area contributed by atoms with Crippen molar-refractivity contribution >= 4 is 46.3 Å². The van der Waals surface area contributed by atoms with Crippen molar-refractivity contribution in [2.75, 3.05) is 11.5 Å². The number of anilines is 1. The molecule has 0 saturated carbocycles. The second-order valence-corrected chi connectivity index (χ2v) is 8.98. The third-order valence-corrected chi connectivity index (χ3v) is 6.40. The van der Waals surface area contributed by atoms with Crippen LogP contribution < -0.4 is 14.4 Å². The Morgan fingerprint density at radius 3 is 2.44 bits per heavy atom. The average molecular weight is 494 g/mol. The summed E-state index contributed by atoms with van der Waals surface area (Å²) in [6.45, 7) is 4.73. The van der Waals surface area contributed by atoms with Gasteiger partial charge in [0.2, 0.25) is 0 Å². The lowest BCUT2D eigenvalue weighted by Gasteiger charge is -2.16. The molecule has 1 heterocycles. The zero-order chi connectivity index (χ0) is 24.1. The quantitative estimate of drug-likeness (QED) is 0.313. The molecule has 0 bridgehead atoms. The summed E-state index contributed by atoms with van der Waals surface area (Å²) < 4.78 is 11.7. The number of rotatable bonds is 8. The van der Waals surface area contributed by atoms with Gasteiger partial charge in [-0.1, -0.05) is 54.9 Å². The van der Waals surface area contributed by atoms with Crippen LogP contribution in [0.25, 0.3) is 6.08 Å². The molecular weight excluding hydrogens is 470 g/mol. The molecule has 0 N–H and O–H groups in total. The molecule has 1 aliphatic rings. The predicted molar refractivity (Wildman–Crippen MR) is 138 cm³/mol. The van der Waals surface area contributed by atoms with E-state index in [9.17, 15) is 9.59 Å². The van der Waals surface area contributed by atoms with Crippen molar-refractivity contribution in [1.82, 2.24) is 0 Å². The van der Waals surface area contributed by atoms with E-state index in [-0.39, 0.29) is 11.1 Å². The Morgan fingerprint density at radius 2 is 1.71 bits per heavy atom. The van der Waals surface area contributed by atoms with Gasteiger partial charge in [0.25, 0.3) is 11.1 Å². The highest BCUT2D eigenvalue weighted by molar-refractivity contribution is 8.19. The molecule has 1 fully saturated rings. The van der Waals surface area contributed by atoms with Crippen LogP contribution in [0.2, 0.25) is 5.02 Å². The van der Waals surface area contributed by atoms with Gasteiger partial charge in [0, 0.05) is 5.02 Å². The van der Waals surface area contributed by atoms with E-state index in [2.05, 4.69) is 0 Å². The van der Waals surface area contributed by atoms with Gasteiger partial charge in [-0.25, -0.2) is 4.90 Å². The number of amides is 2. The first kappa shape index (κ1) is 23.9. The van der Waals surface area contributed by atoms with Crippen molar-refractivity contribution in [2.45, 2.75) is 26.9 Å². The third-order valence-electron chi connectivity index (χ3n) is 5.28. The summed E-state index contributed by atoms with van der Waals surface area (Å²) in [6, 6.07) is 20.4. The maximum atomic E-state index is 13.1. The number of halogens is 1. The molecule has 5 nitrogen and oxygen atoms in total. The van der Waals surface area contributed by atoms with Gasteiger partial charge >= 0.3 is 0 Å². The number of carbonyl (C=O) groups excluding carboxylic acids is 2. The Labute approximate surface area is 208 Å². The fourth-order valence-corrected chi connectivity index (χ4v) is 4.56. The minimum atomic E-state index is -0.322. The highest BCUT2D eigenvalue weighted by atomic mass is 35.5. The monoisotopic (exact) mass is 493 g/mol. The molecule has 4 rings (SSSR count). The lowest BCUT2D eigenvalue weighted by atomic mass is 10.1. The number of aryl methyl sites for hydroxylation is 1. The van der Waals surface area contributed by atoms with Gasteiger partial charge in [-0.3, -0.25) is 9.59 Å². The maximum Gasteiger partial charge on any atom is 0.298 e. The van der Waals surface area contributed by atoms with Crippen molar-refractivity contribution in [3.63, 3.8) is 0 Å². The molecule has 174 valence electrons. The minimum Gasteiger partial charge on any atom is -0.490 e. The number of thioether (sulfide) groups is 1. The Balaban J connectivity index is 1.56. The van der Waals surface area contributed by atoms with E-state index in [4.69, 9.17) is 21.1 Å². The molecule has 7 heteroatoms. The van der Waals surface area contributed by atoms with Crippen molar-refractivity contribution < 1.29 is 19.1 Å². The van der Waals surface area contributed by atoms with E-state index in [1.165, 1.54) is 4.90 Å². The molecular formula is C27H24ClNO4S. The van der Waals surface area contributed by atoms with Crippen molar-refractivity contribution in [3.05, 3.63) is 93.3 Å². The van der Waals surface area contributed by atoms with Gasteiger partial charge in [0.15, 0.2) is 11.5 Å². The Kier molecular flexibility index (Phi) is 7.60. The van der Waals surface area contributed by atoms with Crippen LogP contribution in [-0.4, -0.2) is 17.8 Å². The van der Waals surface area contributed by atoms with Gasteiger partial charge < -0.3 is 9.47 Å². The van der Waals surface area contributed by atoms with E-state index in [0.29, 0.717) is 40.3 Å². The van der Waals surface area contributed by atoms with Gasteiger partial charge in [-0.2, -0.15) is 0 Å². The van der Waals surface area contributed by atoms with E-state index < -0.39 is 0 Å². The third kappa shape index (κ3) is 5.29. The van der Waals surface area contributed by atoms with Crippen LogP contribution in [0.5, 0.6) is 11.5 Å². The van der Waals surface area contributed by atoms with Gasteiger partial charge in [-0.15, -0.1) is 0 Å². The summed E-state index contributed by atoms with van der Waals surface area (Å²) in [6.07, 6.45) is 2.44. The van der Waals surface area contributed by atoms with Crippen molar-refractivity contribution in [3.8, 4) is 11.5 Å². The maximum absolute atomic E-state index is 13.1. The van der Waals surface area contributed by atoms with Crippen LogP contribution in [0.4, 0.5) is 10.5 Å². The highest BCUT2D eigenvalue weighted by Gasteiger charge is 2.37. The highest BCUT2D eigenvalue weighted by Crippen LogP contribution is 2.38. The van der Waals surface area contributed by atoms with Crippen LogP contribution in [0.3, 0.4) is 0 Å². The lowest BCUT2D eigenvalue weighted by molar-refractivity contribution is -0.113. The fourth-order valence-electron chi connectivity index (χ4n) is 3.60. The number of para-hydroxylation sites is 1. The minimum absolute atomic E-state index is 0.301. The zero-order valence-corrected chi connectivity index (χ0v) is 20.5. The summed E-state index contributed by atoms with van der Waals surface area (Å²) >= 11 is 6.88. The summed E-state index contributed by atoms with van der Waals surface area (Å²) in [5.41, 5.74) is 3.32. The molecule has 0 radical (unpaired) electrons. The lowest BCUT2D eigenvalue weighted by Crippen LogP contribution is -2.28. The molecule has 3 aromatic carbocycles. The Morgan fingerprint density at radius 1 is 0.941 bits per heavy atom. The molecule has 0 atom stereocenters. The first-order chi connectivity index (χ1) is 16.5. The molecule has 0 unspecified atom stereocenters. The SMILES string of the molecule is CCOc1cc(/C=C2\SC(=O)N(c3ccccc3CC)C2=O)ccc1OCc1ccc(Cl)cc1. The second-order valence-electron chi connectivity index (χ2n) is 7.55. The number of ether oxygens (including phenoxy) is 2. The summed E-state index contributed by atoms with van der Waals surface area (Å²) in [5, 5.41) is 0.371. The topological polar surface area (TPSA) is 55.8 Å². The number of hydrogen-bond donors (Lipinski definition) is 0. The van der Waals surface area contributed by atoms with Crippen LogP contribution in [0, 0.1) is 0 Å². The Bertz CT molecular complexity index is 1240. The number of imide groups is 1. The van der Waals surface area contributed by atoms with Gasteiger partial charge in [0.1, 0.15) is 6.61 Å². The summed E-state index contributed by atoms with van der Waals surface area (Å²) in [5.74, 6) is 0.844. The largest absolute Gasteiger partial charge is 0.490 e. The molecule has 0 aromatic heterocycles. The van der Waals surface area contributed by atoms with E-state index in [1.54, 1.807) is 12.1 Å². The summed E-state index contributed by atoms with van der Waals surface area (Å²) in [7, 11) is 0. The molecule has 1 saturated heterocycles. The van der Waals surface area contributed by atoms with Crippen LogP contribution in [0.1, 0.15) is 30.5 Å². The summed E-state index contributed by atoms with van der Waals surface area (Å²) in [4.78, 5) is 27.4. The number of nitrogens with zero attached hydrogens (tertiary/aromatic N) is 1. The molecule has 3 aromatic rings. The van der Waals surface area contributed by atoms with E-state index >= 15 is 0 Å². The van der Waals surface area contributed by atoms with Crippen LogP contribution >= 0.6 is 23.4 Å². The normalized spacial score (nSPS) is 14.7. The smallest absolute Gasteiger partial charge is 0.298 e. The van der Waals surface area contributed by atoms with Crippen molar-refractivity contribution in [1.29, 1.82) is 0 Å². The first-order valence-electron chi connectivity index (χ1n) is 11.0. The number of benzene rings is 3. The zero-order valence-electron chi connectivity index (χ0n) is 18.9. The molecule has 0 spiro atoms. The molecule has 34 heavy (non-hydrogen) atoms. The first-order valence-corrected chi connectivity index (χ1v) is 12.2. The number of hydrogen-bond acceptors (Lipinski definition) is 5. The molecule has 0 aliphatic carbocycles. The molecule has 2 amide bonds. The van der Waals surface area contributed by atoms with Crippen LogP contribution in [0.15, 0.2) is 71.6 Å². The second kappa shape index (κ2) is 10.8. The number of carbonyl (C=O) groups is 2. The van der Waals surface area contributed by atoms with E-state index in [1.807, 2.05) is 74.5 Å². The van der Waals surface area contributed by atoms with E-state index in [0.717, 1.165) is 34.9 Å². The molecule has 1 aliphatic heterocycles. The average Bonchev–Trinajstić information content (AvgIpc) is 3.12.